The largest absolute Gasteiger partial charge is 1.00 e. The number of aliphatic hydroxyl groups excluding tert-OH is 1. The van der Waals surface area contributed by atoms with Gasteiger partial charge in [-0.2, -0.15) is 0 Å². The molecule has 1 aliphatic carbocycles. The lowest BCUT2D eigenvalue weighted by molar-refractivity contribution is -0.00000557. The van der Waals surface area contributed by atoms with E-state index in [2.05, 4.69) is 37.4 Å². The maximum absolute atomic E-state index is 9.80. The second-order valence-corrected chi connectivity index (χ2v) is 4.96. The number of aliphatic hydroxyl groups is 1. The van der Waals surface area contributed by atoms with E-state index in [0.717, 1.165) is 17.7 Å². The summed E-state index contributed by atoms with van der Waals surface area (Å²) in [5, 5.41) is 13.0. The Morgan fingerprint density at radius 3 is 2.95 bits per heavy atom. The Kier molecular flexibility index (Phi) is 6.35. The Labute approximate surface area is 122 Å². The maximum Gasteiger partial charge on any atom is 1.00 e. The van der Waals surface area contributed by atoms with Gasteiger partial charge >= 0.3 is 1.43 Å². The van der Waals surface area contributed by atoms with Crippen LogP contribution in [0.4, 0.5) is 0 Å². The van der Waals surface area contributed by atoms with Crippen LogP contribution in [0.5, 0.6) is 5.75 Å². The van der Waals surface area contributed by atoms with Gasteiger partial charge in [-0.1, -0.05) is 38.1 Å². The summed E-state index contributed by atoms with van der Waals surface area (Å²) in [5.41, 5.74) is 2.45. The number of rotatable bonds is 6. The minimum atomic E-state index is -0.478. The molecule has 19 heavy (non-hydrogen) atoms. The fourth-order valence-electron chi connectivity index (χ4n) is 2.00. The Balaban J connectivity index is 0.00000180. The SMILES string of the molecule is CC(C)NCC(O)COc1cccc2c1C=CC2.[Cl-].[H+]. The van der Waals surface area contributed by atoms with Crippen LogP contribution >= 0.6 is 0 Å². The van der Waals surface area contributed by atoms with Crippen LogP contribution in [0.1, 0.15) is 26.4 Å². The van der Waals surface area contributed by atoms with Crippen molar-refractivity contribution in [3.63, 3.8) is 0 Å². The number of fused-ring (bicyclic) bond motifs is 1. The summed E-state index contributed by atoms with van der Waals surface area (Å²) >= 11 is 0. The maximum atomic E-state index is 9.80. The van der Waals surface area contributed by atoms with Crippen molar-refractivity contribution < 1.29 is 23.7 Å². The van der Waals surface area contributed by atoms with E-state index in [0.29, 0.717) is 19.2 Å². The molecule has 106 valence electrons. The van der Waals surface area contributed by atoms with Crippen LogP contribution in [-0.2, 0) is 6.42 Å². The highest BCUT2D eigenvalue weighted by molar-refractivity contribution is 5.65. The molecule has 1 atom stereocenters. The summed E-state index contributed by atoms with van der Waals surface area (Å²) in [6.07, 6.45) is 4.72. The summed E-state index contributed by atoms with van der Waals surface area (Å²) < 4.78 is 5.70. The van der Waals surface area contributed by atoms with E-state index in [1.165, 1.54) is 5.56 Å². The minimum absolute atomic E-state index is 0. The highest BCUT2D eigenvalue weighted by atomic mass is 35.5. The van der Waals surface area contributed by atoms with Crippen LogP contribution in [0.2, 0.25) is 0 Å². The lowest BCUT2D eigenvalue weighted by Gasteiger charge is -2.16. The summed E-state index contributed by atoms with van der Waals surface area (Å²) in [6, 6.07) is 6.44. The smallest absolute Gasteiger partial charge is 1.00 e. The van der Waals surface area contributed by atoms with Crippen LogP contribution < -0.4 is 22.5 Å². The van der Waals surface area contributed by atoms with Gasteiger partial charge in [0.25, 0.3) is 0 Å². The van der Waals surface area contributed by atoms with Crippen LogP contribution in [0.3, 0.4) is 0 Å². The summed E-state index contributed by atoms with van der Waals surface area (Å²) in [7, 11) is 0. The van der Waals surface area contributed by atoms with Crippen molar-refractivity contribution in [2.75, 3.05) is 13.2 Å². The second kappa shape index (κ2) is 7.53. The van der Waals surface area contributed by atoms with Gasteiger partial charge in [-0.15, -0.1) is 0 Å². The molecule has 0 radical (unpaired) electrons. The van der Waals surface area contributed by atoms with Crippen LogP contribution in [0, 0.1) is 0 Å². The number of hydrogen-bond acceptors (Lipinski definition) is 3. The van der Waals surface area contributed by atoms with Crippen molar-refractivity contribution in [1.82, 2.24) is 5.32 Å². The van der Waals surface area contributed by atoms with Crippen molar-refractivity contribution >= 4 is 6.08 Å². The van der Waals surface area contributed by atoms with E-state index in [1.54, 1.807) is 0 Å². The lowest BCUT2D eigenvalue weighted by Crippen LogP contribution is -3.00. The van der Waals surface area contributed by atoms with Crippen molar-refractivity contribution in [2.45, 2.75) is 32.4 Å². The molecular weight excluding hydrogens is 262 g/mol. The topological polar surface area (TPSA) is 41.5 Å². The Bertz CT molecular complexity index is 438. The van der Waals surface area contributed by atoms with Crippen LogP contribution in [0.25, 0.3) is 6.08 Å². The molecule has 4 heteroatoms. The van der Waals surface area contributed by atoms with E-state index in [9.17, 15) is 5.11 Å². The van der Waals surface area contributed by atoms with Gasteiger partial charge in [-0.25, -0.2) is 0 Å². The average Bonchev–Trinajstić information content (AvgIpc) is 2.82. The lowest BCUT2D eigenvalue weighted by atomic mass is 10.1. The summed E-state index contributed by atoms with van der Waals surface area (Å²) in [5.74, 6) is 0.866. The first-order valence-corrected chi connectivity index (χ1v) is 6.49. The van der Waals surface area contributed by atoms with E-state index in [-0.39, 0.29) is 13.8 Å². The van der Waals surface area contributed by atoms with Gasteiger partial charge in [0, 0.05) is 18.2 Å². The van der Waals surface area contributed by atoms with E-state index < -0.39 is 6.10 Å². The standard InChI is InChI=1S/C15H21NO2.ClH/c1-11(2)16-9-13(17)10-18-15-8-4-6-12-5-3-7-14(12)15;/h3-4,6-8,11,13,16-17H,5,9-10H2,1-2H3;1H. The number of nitrogens with one attached hydrogen (secondary N) is 1. The van der Waals surface area contributed by atoms with Crippen molar-refractivity contribution in [3.8, 4) is 5.75 Å². The van der Waals surface area contributed by atoms with Crippen LogP contribution in [0.15, 0.2) is 24.3 Å². The predicted molar refractivity (Wildman–Crippen MR) is 74.9 cm³/mol. The molecule has 0 aromatic heterocycles. The van der Waals surface area contributed by atoms with Crippen LogP contribution in [-0.4, -0.2) is 30.4 Å². The van der Waals surface area contributed by atoms with Gasteiger partial charge in [-0.05, 0) is 18.1 Å². The number of halogens is 1. The first kappa shape index (κ1) is 16.0. The molecule has 0 saturated heterocycles. The molecule has 0 saturated carbocycles. The molecule has 0 fully saturated rings. The summed E-state index contributed by atoms with van der Waals surface area (Å²) in [6.45, 7) is 5.00. The zero-order valence-corrected chi connectivity index (χ0v) is 12.2. The van der Waals surface area contributed by atoms with Gasteiger partial charge in [0.1, 0.15) is 18.5 Å². The second-order valence-electron chi connectivity index (χ2n) is 4.96. The third kappa shape index (κ3) is 4.53. The minimum Gasteiger partial charge on any atom is -1.00 e. The van der Waals surface area contributed by atoms with E-state index in [4.69, 9.17) is 4.74 Å². The average molecular weight is 284 g/mol. The molecule has 1 aliphatic rings. The Morgan fingerprint density at radius 2 is 2.21 bits per heavy atom. The van der Waals surface area contributed by atoms with Crippen molar-refractivity contribution in [2.24, 2.45) is 0 Å². The fraction of sp³-hybridized carbons (Fsp3) is 0.467. The quantitative estimate of drug-likeness (QED) is 0.712. The number of allylic oxidation sites excluding steroid dienone is 1. The molecule has 0 bridgehead atoms. The number of benzene rings is 1. The molecule has 0 aliphatic heterocycles. The molecule has 3 nitrogen and oxygen atoms in total. The molecule has 2 rings (SSSR count). The van der Waals surface area contributed by atoms with Gasteiger partial charge in [0.2, 0.25) is 0 Å². The fourth-order valence-corrected chi connectivity index (χ4v) is 2.00. The van der Waals surface area contributed by atoms with Gasteiger partial charge in [0.15, 0.2) is 0 Å². The molecule has 0 amide bonds. The third-order valence-corrected chi connectivity index (χ3v) is 2.97. The molecular formula is C15H22ClNO2. The molecule has 1 unspecified atom stereocenters. The Morgan fingerprint density at radius 1 is 1.42 bits per heavy atom. The predicted octanol–water partition coefficient (Wildman–Crippen LogP) is -0.890. The van der Waals surface area contributed by atoms with Crippen molar-refractivity contribution in [1.29, 1.82) is 0 Å². The molecule has 1 aromatic carbocycles. The van der Waals surface area contributed by atoms with Gasteiger partial charge in [0.05, 0.1) is 0 Å². The van der Waals surface area contributed by atoms with Crippen molar-refractivity contribution in [3.05, 3.63) is 35.4 Å². The first-order valence-electron chi connectivity index (χ1n) is 6.49. The third-order valence-electron chi connectivity index (χ3n) is 2.97. The van der Waals surface area contributed by atoms with Gasteiger partial charge in [-0.3, -0.25) is 0 Å². The van der Waals surface area contributed by atoms with E-state index in [1.807, 2.05) is 12.1 Å². The molecule has 0 heterocycles. The first-order chi connectivity index (χ1) is 8.66. The highest BCUT2D eigenvalue weighted by Crippen LogP contribution is 2.28. The molecule has 2 N–H and O–H groups in total. The normalized spacial score (nSPS) is 14.1. The number of ether oxygens (including phenoxy) is 1. The highest BCUT2D eigenvalue weighted by Gasteiger charge is 2.12. The molecule has 0 spiro atoms. The number of hydrogen-bond donors (Lipinski definition) is 2. The summed E-state index contributed by atoms with van der Waals surface area (Å²) in [4.78, 5) is 0. The zero-order valence-electron chi connectivity index (χ0n) is 12.4. The van der Waals surface area contributed by atoms with Gasteiger partial charge < -0.3 is 27.6 Å². The zero-order chi connectivity index (χ0) is 13.0. The Hall–Kier alpha value is -1.03. The molecule has 1 aromatic rings. The monoisotopic (exact) mass is 283 g/mol. The van der Waals surface area contributed by atoms with E-state index >= 15 is 0 Å².